The summed E-state index contributed by atoms with van der Waals surface area (Å²) < 4.78 is 28.1. The Morgan fingerprint density at radius 2 is 1.71 bits per heavy atom. The van der Waals surface area contributed by atoms with Gasteiger partial charge in [0.1, 0.15) is 11.6 Å². The lowest BCUT2D eigenvalue weighted by Crippen LogP contribution is -2.48. The summed E-state index contributed by atoms with van der Waals surface area (Å²) >= 11 is 0. The molecule has 0 saturated heterocycles. The largest absolute Gasteiger partial charge is 0.444 e. The molecule has 0 aliphatic heterocycles. The van der Waals surface area contributed by atoms with Gasteiger partial charge in [0.05, 0.1) is 4.90 Å². The molecule has 0 spiro atoms. The summed E-state index contributed by atoms with van der Waals surface area (Å²) in [5.74, 6) is -1.11. The molecule has 4 N–H and O–H groups in total. The number of rotatable bonds is 8. The summed E-state index contributed by atoms with van der Waals surface area (Å²) in [7, 11) is -3.30. The van der Waals surface area contributed by atoms with Crippen molar-refractivity contribution in [2.45, 2.75) is 56.7 Å². The predicted octanol–water partition coefficient (Wildman–Crippen LogP) is 0.865. The molecule has 1 aromatic carbocycles. The molecular weight excluding hydrogens is 386 g/mol. The number of hydrogen-bond donors (Lipinski definition) is 3. The lowest BCUT2D eigenvalue weighted by molar-refractivity contribution is -0.124. The fourth-order valence-electron chi connectivity index (χ4n) is 2.17. The van der Waals surface area contributed by atoms with E-state index >= 15 is 0 Å². The topological polar surface area (TPSA) is 145 Å². The lowest BCUT2D eigenvalue weighted by Gasteiger charge is -2.23. The molecule has 0 fully saturated rings. The minimum atomic E-state index is -3.30. The Labute approximate surface area is 164 Å². The lowest BCUT2D eigenvalue weighted by atomic mass is 10.1. The van der Waals surface area contributed by atoms with Crippen molar-refractivity contribution in [2.75, 3.05) is 6.26 Å². The van der Waals surface area contributed by atoms with Gasteiger partial charge in [-0.1, -0.05) is 12.1 Å². The molecule has 1 unspecified atom stereocenters. The van der Waals surface area contributed by atoms with Gasteiger partial charge in [0, 0.05) is 19.2 Å². The zero-order chi connectivity index (χ0) is 21.5. The van der Waals surface area contributed by atoms with Gasteiger partial charge in [-0.05, 0) is 44.9 Å². The highest BCUT2D eigenvalue weighted by Gasteiger charge is 2.24. The molecule has 0 heterocycles. The molecule has 1 aromatic rings. The van der Waals surface area contributed by atoms with Gasteiger partial charge < -0.3 is 21.1 Å². The Kier molecular flexibility index (Phi) is 7.98. The van der Waals surface area contributed by atoms with E-state index < -0.39 is 39.4 Å². The molecule has 0 aliphatic rings. The zero-order valence-electron chi connectivity index (χ0n) is 16.4. The Hall–Kier alpha value is -2.62. The quantitative estimate of drug-likeness (QED) is 0.576. The zero-order valence-corrected chi connectivity index (χ0v) is 17.3. The third kappa shape index (κ3) is 8.85. The predicted molar refractivity (Wildman–Crippen MR) is 103 cm³/mol. The number of primary amides is 1. The summed E-state index contributed by atoms with van der Waals surface area (Å²) in [5, 5.41) is 5.07. The van der Waals surface area contributed by atoms with Crippen molar-refractivity contribution in [1.29, 1.82) is 0 Å². The summed E-state index contributed by atoms with van der Waals surface area (Å²) in [5.41, 5.74) is 5.06. The second-order valence-corrected chi connectivity index (χ2v) is 9.35. The van der Waals surface area contributed by atoms with Gasteiger partial charge in [-0.2, -0.15) is 0 Å². The second-order valence-electron chi connectivity index (χ2n) is 7.34. The maximum atomic E-state index is 12.4. The smallest absolute Gasteiger partial charge is 0.408 e. The van der Waals surface area contributed by atoms with Gasteiger partial charge in [0.25, 0.3) is 0 Å². The van der Waals surface area contributed by atoms with Crippen molar-refractivity contribution in [1.82, 2.24) is 10.6 Å². The van der Waals surface area contributed by atoms with Gasteiger partial charge in [-0.25, -0.2) is 13.2 Å². The molecule has 0 saturated carbocycles. The van der Waals surface area contributed by atoms with Crippen molar-refractivity contribution in [2.24, 2.45) is 5.73 Å². The number of carbonyl (C=O) groups excluding carboxylic acids is 3. The Morgan fingerprint density at radius 1 is 1.14 bits per heavy atom. The first-order chi connectivity index (χ1) is 12.8. The van der Waals surface area contributed by atoms with Crippen LogP contribution in [0.15, 0.2) is 29.2 Å². The number of amides is 3. The van der Waals surface area contributed by atoms with Crippen molar-refractivity contribution in [3.8, 4) is 0 Å². The van der Waals surface area contributed by atoms with Crippen LogP contribution in [0, 0.1) is 0 Å². The van der Waals surface area contributed by atoms with Crippen LogP contribution < -0.4 is 16.4 Å². The van der Waals surface area contributed by atoms with E-state index in [0.717, 1.165) is 6.26 Å². The number of alkyl carbamates (subject to hydrolysis) is 1. The average molecular weight is 413 g/mol. The first-order valence-electron chi connectivity index (χ1n) is 8.62. The molecule has 9 nitrogen and oxygen atoms in total. The van der Waals surface area contributed by atoms with Gasteiger partial charge in [0.15, 0.2) is 9.84 Å². The first kappa shape index (κ1) is 23.4. The van der Waals surface area contributed by atoms with Crippen LogP contribution in [0.5, 0.6) is 0 Å². The molecule has 156 valence electrons. The molecule has 0 aromatic heterocycles. The van der Waals surface area contributed by atoms with E-state index in [4.69, 9.17) is 10.5 Å². The minimum absolute atomic E-state index is 0.0213. The Balaban J connectivity index is 2.74. The van der Waals surface area contributed by atoms with Crippen molar-refractivity contribution >= 4 is 27.7 Å². The van der Waals surface area contributed by atoms with Gasteiger partial charge >= 0.3 is 6.09 Å². The molecule has 0 bridgehead atoms. The van der Waals surface area contributed by atoms with E-state index in [1.165, 1.54) is 12.1 Å². The summed E-state index contributed by atoms with van der Waals surface area (Å²) in [6, 6.07) is 5.05. The SMILES string of the molecule is CC(C)(C)OC(=O)NC(CCC(N)=O)C(=O)NCc1ccc(S(C)(=O)=O)cc1. The molecule has 1 rings (SSSR count). The minimum Gasteiger partial charge on any atom is -0.444 e. The third-order valence-corrected chi connectivity index (χ3v) is 4.63. The monoisotopic (exact) mass is 413 g/mol. The Morgan fingerprint density at radius 3 is 2.18 bits per heavy atom. The molecule has 1 atom stereocenters. The van der Waals surface area contributed by atoms with Gasteiger partial charge in [0.2, 0.25) is 11.8 Å². The van der Waals surface area contributed by atoms with Crippen LogP contribution in [0.1, 0.15) is 39.2 Å². The second kappa shape index (κ2) is 9.54. The highest BCUT2D eigenvalue weighted by atomic mass is 32.2. The number of benzene rings is 1. The first-order valence-corrected chi connectivity index (χ1v) is 10.5. The van der Waals surface area contributed by atoms with Crippen LogP contribution in [0.3, 0.4) is 0 Å². The molecular formula is C18H27N3O6S. The summed E-state index contributed by atoms with van der Waals surface area (Å²) in [6.45, 7) is 5.17. The number of sulfone groups is 1. The van der Waals surface area contributed by atoms with Crippen LogP contribution >= 0.6 is 0 Å². The van der Waals surface area contributed by atoms with E-state index in [2.05, 4.69) is 10.6 Å². The molecule has 3 amide bonds. The van der Waals surface area contributed by atoms with E-state index in [1.54, 1.807) is 32.9 Å². The number of ether oxygens (including phenoxy) is 1. The highest BCUT2D eigenvalue weighted by Crippen LogP contribution is 2.11. The maximum Gasteiger partial charge on any atom is 0.408 e. The highest BCUT2D eigenvalue weighted by molar-refractivity contribution is 7.90. The Bertz CT molecular complexity index is 813. The van der Waals surface area contributed by atoms with Crippen LogP contribution in [0.2, 0.25) is 0 Å². The third-order valence-electron chi connectivity index (χ3n) is 3.51. The van der Waals surface area contributed by atoms with Gasteiger partial charge in [-0.3, -0.25) is 9.59 Å². The fourth-order valence-corrected chi connectivity index (χ4v) is 2.80. The molecule has 28 heavy (non-hydrogen) atoms. The standard InChI is InChI=1S/C18H27N3O6S/c1-18(2,3)27-17(24)21-14(9-10-15(19)22)16(23)20-11-12-5-7-13(8-6-12)28(4,25)26/h5-8,14H,9-11H2,1-4H3,(H2,19,22)(H,20,23)(H,21,24). The number of hydrogen-bond acceptors (Lipinski definition) is 6. The van der Waals surface area contributed by atoms with E-state index in [-0.39, 0.29) is 24.3 Å². The van der Waals surface area contributed by atoms with E-state index in [0.29, 0.717) is 5.56 Å². The normalized spacial score (nSPS) is 12.7. The van der Waals surface area contributed by atoms with Crippen LogP contribution in [-0.4, -0.2) is 44.2 Å². The number of nitrogens with two attached hydrogens (primary N) is 1. The van der Waals surface area contributed by atoms with Crippen LogP contribution in [-0.2, 0) is 30.7 Å². The summed E-state index contributed by atoms with van der Waals surface area (Å²) in [4.78, 5) is 35.6. The average Bonchev–Trinajstić information content (AvgIpc) is 2.54. The van der Waals surface area contributed by atoms with Crippen molar-refractivity contribution in [3.05, 3.63) is 29.8 Å². The molecule has 10 heteroatoms. The number of carbonyl (C=O) groups is 3. The van der Waals surface area contributed by atoms with Gasteiger partial charge in [-0.15, -0.1) is 0 Å². The molecule has 0 aliphatic carbocycles. The maximum absolute atomic E-state index is 12.4. The van der Waals surface area contributed by atoms with Crippen molar-refractivity contribution in [3.63, 3.8) is 0 Å². The molecule has 0 radical (unpaired) electrons. The fraction of sp³-hybridized carbons (Fsp3) is 0.500. The number of nitrogens with one attached hydrogen (secondary N) is 2. The van der Waals surface area contributed by atoms with E-state index in [9.17, 15) is 22.8 Å². The van der Waals surface area contributed by atoms with Crippen molar-refractivity contribution < 1.29 is 27.5 Å². The van der Waals surface area contributed by atoms with Crippen LogP contribution in [0.25, 0.3) is 0 Å². The van der Waals surface area contributed by atoms with Crippen LogP contribution in [0.4, 0.5) is 4.79 Å². The summed E-state index contributed by atoms with van der Waals surface area (Å²) in [6.07, 6.45) is 0.259. The van der Waals surface area contributed by atoms with E-state index in [1.807, 2.05) is 0 Å².